The highest BCUT2D eigenvalue weighted by Crippen LogP contribution is 2.39. The first-order valence-corrected chi connectivity index (χ1v) is 42.8. The second-order valence-corrected chi connectivity index (χ2v) is 31.9. The van der Waals surface area contributed by atoms with Gasteiger partial charge in [-0.15, -0.1) is 0 Å². The lowest BCUT2D eigenvalue weighted by atomic mass is 9.93. The van der Waals surface area contributed by atoms with Crippen LogP contribution in [0.1, 0.15) is 269 Å². The van der Waals surface area contributed by atoms with E-state index in [0.29, 0.717) is 109 Å². The van der Waals surface area contributed by atoms with Crippen LogP contribution in [0, 0.1) is 76.2 Å². The topological polar surface area (TPSA) is 504 Å². The summed E-state index contributed by atoms with van der Waals surface area (Å²) in [5, 5.41) is 61.7. The zero-order valence-electron chi connectivity index (χ0n) is 80.6. The molecule has 7 heterocycles. The number of phenolic OH excluding ortho intramolecular Hbond substituents is 5. The molecule has 7 aromatic heterocycles. The zero-order valence-corrected chi connectivity index (χ0v) is 80.6. The summed E-state index contributed by atoms with van der Waals surface area (Å²) in [6.07, 6.45) is 18.3. The van der Waals surface area contributed by atoms with Gasteiger partial charge >= 0.3 is 0 Å². The number of Topliss-reactive ketones (excluding diaryl/α,β-unsaturated/α-hetero) is 5. The fourth-order valence-electron chi connectivity index (χ4n) is 14.8. The second-order valence-electron chi connectivity index (χ2n) is 31.9. The molecule has 0 aliphatic carbocycles. The monoisotopic (exact) mass is 1900 g/mol. The van der Waals surface area contributed by atoms with E-state index in [2.05, 4.69) is 26.3 Å². The Kier molecular flexibility index (Phi) is 34.4. The zero-order chi connectivity index (χ0) is 105. The first-order chi connectivity index (χ1) is 65.9. The first-order valence-electron chi connectivity index (χ1n) is 42.8. The Morgan fingerprint density at radius 1 is 0.336 bits per heavy atom. The largest absolute Gasteiger partial charge is 0.506 e. The maximum atomic E-state index is 12.5. The molecule has 14 aromatic rings. The second kappa shape index (κ2) is 44.7. The van der Waals surface area contributed by atoms with Crippen molar-refractivity contribution in [3.63, 3.8) is 0 Å². The van der Waals surface area contributed by atoms with E-state index in [4.69, 9.17) is 30.9 Å². The van der Waals surface area contributed by atoms with Gasteiger partial charge in [-0.2, -0.15) is 0 Å². The number of benzene rings is 7. The predicted octanol–water partition coefficient (Wildman–Crippen LogP) is 21.2. The standard InChI is InChI=1S/C17H16O5.C17H18O4.C16H14O5.C16H14O4.C16H14O3.C14H12O5.C14H12O4/c1-5-6-13-8(2)15(20)12-7-11(9(3)18)16(21)14(10(4)19)17(12)22-13;1-6-8(2)12-7-13(10(4)18)17-14(9(12)3)16(20)15(19)11(5)21-17;1-5-12(18)10-6-11-14(19)7(2)9(4)21-16(11)13(8(3)17)15(10)20;1-4-6-10-7-14(18)13-8-12(9(3)17)15(19)11(5-2)16(13)20-10;1-4-6-13(17)16-10(3)15(18)12-9-11(5-2)7-8-14(12)19-16;1-6-8(3)19-14-10(5-16)13(18)9(4-15)7(2)11(14)12(6)17;1-4-9-5-10-12(16)7(2)8(3)18-14(10)11(6-15)13(9)17/h5-7,21H,1-4H3;6-7,19H,1-5H3;5-6,20H,1H2,2-4H3;4-8,19H,2H2,1,3H3;4-9H,2H2,1,3H3;4-5,18H,1-3H3;4-6,17H,1H2,2-3H3/b6-5+;8-6+;;2*6-4+;;. The van der Waals surface area contributed by atoms with Gasteiger partial charge < -0.3 is 61.6 Å². The molecule has 720 valence electrons. The quantitative estimate of drug-likeness (QED) is 0.0264. The van der Waals surface area contributed by atoms with Gasteiger partial charge in [0.25, 0.3) is 0 Å². The van der Waals surface area contributed by atoms with E-state index in [1.807, 2.05) is 19.9 Å². The summed E-state index contributed by atoms with van der Waals surface area (Å²) in [6, 6.07) is 13.6. The van der Waals surface area contributed by atoms with Crippen LogP contribution >= 0.6 is 0 Å². The summed E-state index contributed by atoms with van der Waals surface area (Å²) in [6.45, 7) is 47.5. The third kappa shape index (κ3) is 21.2. The van der Waals surface area contributed by atoms with Crippen molar-refractivity contribution in [3.8, 4) is 34.5 Å². The number of fused-ring (bicyclic) bond motifs is 7. The Labute approximate surface area is 797 Å². The molecule has 0 fully saturated rings. The van der Waals surface area contributed by atoms with E-state index < -0.39 is 51.6 Å². The van der Waals surface area contributed by atoms with Crippen molar-refractivity contribution in [2.45, 2.75) is 145 Å². The molecule has 7 aromatic carbocycles. The van der Waals surface area contributed by atoms with Crippen LogP contribution in [-0.4, -0.2) is 90.0 Å². The molecule has 0 spiro atoms. The minimum atomic E-state index is -0.575. The lowest BCUT2D eigenvalue weighted by Gasteiger charge is -2.13. The number of hydrogen-bond donors (Lipinski definition) is 6. The normalized spacial score (nSPS) is 11.1. The van der Waals surface area contributed by atoms with Crippen LogP contribution < -0.4 is 38.0 Å². The lowest BCUT2D eigenvalue weighted by molar-refractivity contribution is 0.0995. The number of aldehydes is 3. The van der Waals surface area contributed by atoms with Gasteiger partial charge in [-0.3, -0.25) is 81.5 Å². The van der Waals surface area contributed by atoms with Crippen LogP contribution in [0.4, 0.5) is 0 Å². The highest BCUT2D eigenvalue weighted by Gasteiger charge is 2.30. The maximum absolute atomic E-state index is 12.5. The highest BCUT2D eigenvalue weighted by atomic mass is 16.4. The van der Waals surface area contributed by atoms with Crippen LogP contribution in [0.3, 0.4) is 0 Å². The molecular weight excluding hydrogens is 1800 g/mol. The number of allylic oxidation sites excluding steroid dienone is 7. The summed E-state index contributed by atoms with van der Waals surface area (Å²) in [5.41, 5.74) is 4.70. The van der Waals surface area contributed by atoms with Gasteiger partial charge in [-0.05, 0) is 240 Å². The summed E-state index contributed by atoms with van der Waals surface area (Å²) in [5.74, 6) is -2.98. The molecule has 0 radical (unpaired) electrons. The van der Waals surface area contributed by atoms with Crippen molar-refractivity contribution in [1.29, 1.82) is 0 Å². The van der Waals surface area contributed by atoms with Gasteiger partial charge in [0, 0.05) is 39.4 Å². The molecule has 30 nitrogen and oxygen atoms in total. The van der Waals surface area contributed by atoms with E-state index in [0.717, 1.165) is 22.8 Å². The molecule has 0 saturated carbocycles. The fraction of sp³-hybridized carbons (Fsp3) is 0.191. The van der Waals surface area contributed by atoms with Crippen molar-refractivity contribution < 1.29 is 110 Å². The van der Waals surface area contributed by atoms with Gasteiger partial charge in [0.1, 0.15) is 102 Å². The molecule has 140 heavy (non-hydrogen) atoms. The van der Waals surface area contributed by atoms with Crippen LogP contribution in [0.25, 0.3) is 113 Å². The number of aryl methyl sites for hydroxylation is 6. The number of aromatic hydroxyl groups is 6. The van der Waals surface area contributed by atoms with Crippen molar-refractivity contribution in [1.82, 2.24) is 0 Å². The first kappa shape index (κ1) is 108. The highest BCUT2D eigenvalue weighted by molar-refractivity contribution is 6.16. The molecule has 0 atom stereocenters. The van der Waals surface area contributed by atoms with Gasteiger partial charge in [-0.1, -0.05) is 74.9 Å². The molecule has 0 aliphatic rings. The Morgan fingerprint density at radius 2 is 0.800 bits per heavy atom. The van der Waals surface area contributed by atoms with Gasteiger partial charge in [0.05, 0.1) is 71.1 Å². The molecule has 6 N–H and O–H groups in total. The number of carbonyl (C=O) groups is 10. The Bertz CT molecular complexity index is 8310. The van der Waals surface area contributed by atoms with E-state index in [1.54, 1.807) is 144 Å². The fourth-order valence-corrected chi connectivity index (χ4v) is 14.8. The Balaban J connectivity index is 0.000000200. The molecular formula is C110H100O30. The predicted molar refractivity (Wildman–Crippen MR) is 538 cm³/mol. The average molecular weight is 1900 g/mol. The molecule has 0 bridgehead atoms. The summed E-state index contributed by atoms with van der Waals surface area (Å²) in [7, 11) is 0. The van der Waals surface area contributed by atoms with E-state index in [-0.39, 0.29) is 189 Å². The number of rotatable bonds is 18. The number of ketones is 7. The van der Waals surface area contributed by atoms with Gasteiger partial charge in [-0.25, -0.2) is 0 Å². The Morgan fingerprint density at radius 3 is 1.30 bits per heavy atom. The Hall–Kier alpha value is -17.6. The van der Waals surface area contributed by atoms with Crippen LogP contribution in [-0.2, 0) is 0 Å². The molecule has 0 saturated heterocycles. The SMILES string of the molecule is C/C=C(\C)c1cc(C(C)=O)c2oc(C)c(O)c(=O)c2c1C.C/C=C/c1oc2c(C(C)=O)c(O)c(C(C)=O)cc2c(=O)c1C.C=CC(=O)c1cc2c(=O)c(C)c(C)oc2c(C(C)=O)c1O.C=Cc1c(O)c(C(C)=O)cc2c(=O)cc(/C=C/C)oc12.C=Cc1cc2c(=O)c(C)c(C)oc2c(C=O)c1O.C=Cc1ccc2oc(C(=O)/C=C/C)c(C)c(=O)c2c1.Cc1oc2c(C=O)c(O)c(C=O)c(C)c2c(=O)c1C. The lowest BCUT2D eigenvalue weighted by Crippen LogP contribution is -2.12. The van der Waals surface area contributed by atoms with E-state index in [1.165, 1.54) is 97.0 Å². The molecule has 0 aliphatic heterocycles. The van der Waals surface area contributed by atoms with Crippen LogP contribution in [0.5, 0.6) is 34.5 Å². The van der Waals surface area contributed by atoms with Gasteiger partial charge in [0.2, 0.25) is 17.0 Å². The average Bonchev–Trinajstić information content (AvgIpc) is 0.757. The number of carbonyl (C=O) groups excluding carboxylic acids is 10. The van der Waals surface area contributed by atoms with E-state index >= 15 is 0 Å². The smallest absolute Gasteiger partial charge is 0.234 e. The summed E-state index contributed by atoms with van der Waals surface area (Å²) >= 11 is 0. The minimum Gasteiger partial charge on any atom is -0.506 e. The third-order valence-corrected chi connectivity index (χ3v) is 23.0. The molecule has 30 heteroatoms. The van der Waals surface area contributed by atoms with Gasteiger partial charge in [0.15, 0.2) is 114 Å². The molecule has 0 amide bonds. The van der Waals surface area contributed by atoms with Crippen molar-refractivity contribution in [2.24, 2.45) is 0 Å². The minimum absolute atomic E-state index is 0.00120. The molecule has 14 rings (SSSR count). The van der Waals surface area contributed by atoms with Crippen LogP contribution in [0.15, 0.2) is 182 Å². The van der Waals surface area contributed by atoms with Crippen molar-refractivity contribution >= 4 is 172 Å². The van der Waals surface area contributed by atoms with Crippen molar-refractivity contribution in [3.05, 3.63) is 341 Å². The van der Waals surface area contributed by atoms with Crippen LogP contribution in [0.2, 0.25) is 0 Å². The maximum Gasteiger partial charge on any atom is 0.234 e. The number of phenols is 5. The molecule has 0 unspecified atom stereocenters. The van der Waals surface area contributed by atoms with E-state index in [9.17, 15) is 112 Å². The summed E-state index contributed by atoms with van der Waals surface area (Å²) in [4.78, 5) is 201. The third-order valence-electron chi connectivity index (χ3n) is 23.0. The summed E-state index contributed by atoms with van der Waals surface area (Å²) < 4.78 is 38.7. The van der Waals surface area contributed by atoms with Crippen molar-refractivity contribution in [2.75, 3.05) is 0 Å². The number of hydrogen-bond acceptors (Lipinski definition) is 30.